The van der Waals surface area contributed by atoms with Gasteiger partial charge in [0.05, 0.1) is 5.69 Å². The number of thioether (sulfide) groups is 1. The molecule has 1 atom stereocenters. The van der Waals surface area contributed by atoms with E-state index < -0.39 is 16.2 Å². The van der Waals surface area contributed by atoms with E-state index >= 15 is 0 Å². The quantitative estimate of drug-likeness (QED) is 0.456. The number of carbonyl (C=O) groups excluding carboxylic acids is 1. The average Bonchev–Trinajstić information content (AvgIpc) is 2.56. The molecule has 0 bridgehead atoms. The minimum atomic E-state index is -1.31. The second-order valence-corrected chi connectivity index (χ2v) is 4.74. The van der Waals surface area contributed by atoms with E-state index in [-0.39, 0.29) is 4.32 Å². The summed E-state index contributed by atoms with van der Waals surface area (Å²) in [5.74, 6) is -0.591. The topological polar surface area (TPSA) is 63.4 Å². The first-order valence-electron chi connectivity index (χ1n) is 4.34. The molecule has 1 aliphatic rings. The van der Waals surface area contributed by atoms with Crippen molar-refractivity contribution in [3.8, 4) is 0 Å². The van der Waals surface area contributed by atoms with Crippen LogP contribution in [-0.4, -0.2) is 20.5 Å². The summed E-state index contributed by atoms with van der Waals surface area (Å²) in [6.45, 7) is 0. The Morgan fingerprint density at radius 2 is 2.00 bits per heavy atom. The number of anilines is 1. The number of rotatable bonds is 2. The third-order valence-electron chi connectivity index (χ3n) is 2.03. The smallest absolute Gasteiger partial charge is 0.265 e. The molecule has 7 heteroatoms. The van der Waals surface area contributed by atoms with Crippen molar-refractivity contribution in [2.24, 2.45) is 0 Å². The lowest BCUT2D eigenvalue weighted by Crippen LogP contribution is -2.34. The van der Waals surface area contributed by atoms with Crippen molar-refractivity contribution in [1.82, 2.24) is 0 Å². The molecule has 0 saturated carbocycles. The molecule has 1 amide bonds. The first kappa shape index (κ1) is 11.0. The molecule has 2 rings (SSSR count). The number of para-hydroxylation sites is 1. The van der Waals surface area contributed by atoms with Crippen molar-refractivity contribution in [2.75, 3.05) is 4.90 Å². The number of amides is 1. The summed E-state index contributed by atoms with van der Waals surface area (Å²) in [6, 6.07) is 8.66. The fourth-order valence-corrected chi connectivity index (χ4v) is 2.59. The standard InChI is InChI=1S/C9H6N2O3S2/c12-7-8(11(13)14)16-9(15)10(7)6-4-2-1-3-5-6/h1-5,8H. The van der Waals surface area contributed by atoms with Gasteiger partial charge >= 0.3 is 11.3 Å². The van der Waals surface area contributed by atoms with E-state index in [1.807, 2.05) is 0 Å². The van der Waals surface area contributed by atoms with E-state index in [4.69, 9.17) is 12.2 Å². The summed E-state index contributed by atoms with van der Waals surface area (Å²) in [7, 11) is 0. The number of carbonyl (C=O) groups is 1. The molecular weight excluding hydrogens is 248 g/mol. The van der Waals surface area contributed by atoms with Crippen molar-refractivity contribution < 1.29 is 9.72 Å². The van der Waals surface area contributed by atoms with E-state index in [0.717, 1.165) is 11.8 Å². The molecule has 0 aliphatic carbocycles. The van der Waals surface area contributed by atoms with Crippen LogP contribution < -0.4 is 4.90 Å². The van der Waals surface area contributed by atoms with E-state index in [1.54, 1.807) is 30.3 Å². The first-order chi connectivity index (χ1) is 7.61. The Morgan fingerprint density at radius 1 is 1.38 bits per heavy atom. The lowest BCUT2D eigenvalue weighted by Gasteiger charge is -2.13. The zero-order valence-corrected chi connectivity index (χ0v) is 9.53. The van der Waals surface area contributed by atoms with Gasteiger partial charge in [-0.3, -0.25) is 19.8 Å². The maximum absolute atomic E-state index is 11.7. The zero-order valence-electron chi connectivity index (χ0n) is 7.90. The SMILES string of the molecule is O=C1C([N+](=O)[O-])SC(=S)N1c1ccccc1. The van der Waals surface area contributed by atoms with Gasteiger partial charge in [-0.25, -0.2) is 0 Å². The minimum absolute atomic E-state index is 0.220. The molecule has 0 N–H and O–H groups in total. The van der Waals surface area contributed by atoms with Crippen molar-refractivity contribution in [2.45, 2.75) is 5.37 Å². The normalized spacial score (nSPS) is 20.2. The van der Waals surface area contributed by atoms with Gasteiger partial charge < -0.3 is 0 Å². The minimum Gasteiger partial charge on any atom is -0.265 e. The maximum Gasteiger partial charge on any atom is 0.342 e. The molecule has 1 aromatic carbocycles. The number of nitro groups is 1. The van der Waals surface area contributed by atoms with Crippen LogP contribution in [0.25, 0.3) is 0 Å². The van der Waals surface area contributed by atoms with Gasteiger partial charge in [0, 0.05) is 4.92 Å². The van der Waals surface area contributed by atoms with Gasteiger partial charge in [0.15, 0.2) is 4.32 Å². The summed E-state index contributed by atoms with van der Waals surface area (Å²) in [6.07, 6.45) is 0. The van der Waals surface area contributed by atoms with Crippen molar-refractivity contribution in [3.63, 3.8) is 0 Å². The number of hydrogen-bond acceptors (Lipinski definition) is 5. The fourth-order valence-electron chi connectivity index (χ4n) is 1.34. The average molecular weight is 254 g/mol. The maximum atomic E-state index is 11.7. The number of nitrogens with zero attached hydrogens (tertiary/aromatic N) is 2. The highest BCUT2D eigenvalue weighted by Gasteiger charge is 2.46. The van der Waals surface area contributed by atoms with E-state index in [9.17, 15) is 14.9 Å². The molecular formula is C9H6N2O3S2. The summed E-state index contributed by atoms with van der Waals surface area (Å²) in [4.78, 5) is 22.9. The Labute approximate surface area is 101 Å². The molecule has 0 spiro atoms. The molecule has 1 aromatic rings. The third-order valence-corrected chi connectivity index (χ3v) is 3.49. The van der Waals surface area contributed by atoms with Gasteiger partial charge in [-0.05, 0) is 23.9 Å². The van der Waals surface area contributed by atoms with Crippen LogP contribution in [0, 0.1) is 10.1 Å². The van der Waals surface area contributed by atoms with Crippen molar-refractivity contribution in [1.29, 1.82) is 0 Å². The van der Waals surface area contributed by atoms with Gasteiger partial charge in [-0.1, -0.05) is 30.4 Å². The predicted octanol–water partition coefficient (Wildman–Crippen LogP) is 1.65. The Hall–Kier alpha value is -1.47. The molecule has 16 heavy (non-hydrogen) atoms. The summed E-state index contributed by atoms with van der Waals surface area (Å²) in [5, 5.41) is 9.30. The number of hydrogen-bond donors (Lipinski definition) is 0. The zero-order chi connectivity index (χ0) is 11.7. The molecule has 1 aliphatic heterocycles. The van der Waals surface area contributed by atoms with Crippen molar-refractivity contribution >= 4 is 39.9 Å². The second-order valence-electron chi connectivity index (χ2n) is 3.03. The van der Waals surface area contributed by atoms with Crippen LogP contribution in [0.4, 0.5) is 5.69 Å². The van der Waals surface area contributed by atoms with Gasteiger partial charge in [0.25, 0.3) is 0 Å². The monoisotopic (exact) mass is 254 g/mol. The highest BCUT2D eigenvalue weighted by Crippen LogP contribution is 2.31. The third kappa shape index (κ3) is 1.79. The highest BCUT2D eigenvalue weighted by molar-refractivity contribution is 8.24. The Kier molecular flexibility index (Phi) is 2.88. The van der Waals surface area contributed by atoms with Gasteiger partial charge in [0.2, 0.25) is 0 Å². The summed E-state index contributed by atoms with van der Waals surface area (Å²) >= 11 is 5.75. The lowest BCUT2D eigenvalue weighted by molar-refractivity contribution is -0.481. The molecule has 1 fully saturated rings. The fraction of sp³-hybridized carbons (Fsp3) is 0.111. The van der Waals surface area contributed by atoms with Crippen LogP contribution in [0.5, 0.6) is 0 Å². The largest absolute Gasteiger partial charge is 0.342 e. The predicted molar refractivity (Wildman–Crippen MR) is 64.9 cm³/mol. The Bertz CT molecular complexity index is 463. The van der Waals surface area contributed by atoms with E-state index in [2.05, 4.69) is 0 Å². The second kappa shape index (κ2) is 4.18. The summed E-state index contributed by atoms with van der Waals surface area (Å²) in [5.41, 5.74) is 0.564. The molecule has 82 valence electrons. The van der Waals surface area contributed by atoms with Crippen LogP contribution in [-0.2, 0) is 4.79 Å². The van der Waals surface area contributed by atoms with E-state index in [1.165, 1.54) is 4.90 Å². The van der Waals surface area contributed by atoms with Gasteiger partial charge in [0.1, 0.15) is 0 Å². The Morgan fingerprint density at radius 3 is 2.50 bits per heavy atom. The van der Waals surface area contributed by atoms with Crippen LogP contribution in [0.1, 0.15) is 0 Å². The molecule has 0 aromatic heterocycles. The van der Waals surface area contributed by atoms with Gasteiger partial charge in [-0.15, -0.1) is 0 Å². The molecule has 0 radical (unpaired) electrons. The number of benzene rings is 1. The summed E-state index contributed by atoms with van der Waals surface area (Å²) < 4.78 is 0.220. The number of thiocarbonyl (C=S) groups is 1. The lowest BCUT2D eigenvalue weighted by atomic mass is 10.3. The Balaban J connectivity index is 2.34. The van der Waals surface area contributed by atoms with Crippen molar-refractivity contribution in [3.05, 3.63) is 40.4 Å². The van der Waals surface area contributed by atoms with Crippen LogP contribution in [0.3, 0.4) is 0 Å². The molecule has 1 unspecified atom stereocenters. The van der Waals surface area contributed by atoms with Crippen LogP contribution >= 0.6 is 24.0 Å². The van der Waals surface area contributed by atoms with Crippen LogP contribution in [0.15, 0.2) is 30.3 Å². The van der Waals surface area contributed by atoms with Crippen LogP contribution in [0.2, 0.25) is 0 Å². The molecule has 1 heterocycles. The molecule has 5 nitrogen and oxygen atoms in total. The molecule has 1 saturated heterocycles. The van der Waals surface area contributed by atoms with Gasteiger partial charge in [-0.2, -0.15) is 0 Å². The highest BCUT2D eigenvalue weighted by atomic mass is 32.2. The first-order valence-corrected chi connectivity index (χ1v) is 5.63. The van der Waals surface area contributed by atoms with E-state index in [0.29, 0.717) is 5.69 Å².